The standard InChI is InChI=1S/C20H26F3N5OS/c1-12-18(30-15-5-4-8-25-16(15)20(21,22)23)27-14(11-29)17(26-12)28-9-6-19(3,7-10-28)13(2)24/h4-5,8,13,29H,6-7,9-11,24H2,1-3H3. The monoisotopic (exact) mass is 441 g/mol. The van der Waals surface area contributed by atoms with Gasteiger partial charge in [0.2, 0.25) is 0 Å². The van der Waals surface area contributed by atoms with Crippen molar-refractivity contribution in [2.45, 2.75) is 62.4 Å². The number of aromatic nitrogens is 3. The third-order valence-electron chi connectivity index (χ3n) is 5.78. The van der Waals surface area contributed by atoms with Gasteiger partial charge in [-0.15, -0.1) is 0 Å². The molecule has 0 bridgehead atoms. The fraction of sp³-hybridized carbons (Fsp3) is 0.550. The molecule has 0 radical (unpaired) electrons. The first-order chi connectivity index (χ1) is 14.0. The summed E-state index contributed by atoms with van der Waals surface area (Å²) >= 11 is 0.854. The van der Waals surface area contributed by atoms with Gasteiger partial charge in [-0.3, -0.25) is 4.98 Å². The minimum atomic E-state index is -4.56. The number of nitrogens with two attached hydrogens (primary N) is 1. The number of aliphatic hydroxyl groups is 1. The highest BCUT2D eigenvalue weighted by Crippen LogP contribution is 2.40. The minimum Gasteiger partial charge on any atom is -0.390 e. The number of aliphatic hydroxyl groups excluding tert-OH is 1. The molecule has 2 aromatic heterocycles. The fourth-order valence-corrected chi connectivity index (χ4v) is 4.42. The molecule has 1 fully saturated rings. The van der Waals surface area contributed by atoms with Gasteiger partial charge >= 0.3 is 6.18 Å². The van der Waals surface area contributed by atoms with E-state index in [0.717, 1.165) is 43.9 Å². The molecule has 30 heavy (non-hydrogen) atoms. The summed E-state index contributed by atoms with van der Waals surface area (Å²) in [6, 6.07) is 2.88. The van der Waals surface area contributed by atoms with Crippen molar-refractivity contribution in [2.24, 2.45) is 11.1 Å². The Bertz CT molecular complexity index is 898. The summed E-state index contributed by atoms with van der Waals surface area (Å²) in [5.74, 6) is 0.577. The van der Waals surface area contributed by atoms with Gasteiger partial charge in [-0.05, 0) is 44.2 Å². The van der Waals surface area contributed by atoms with Gasteiger partial charge in [0.15, 0.2) is 11.5 Å². The number of aryl methyl sites for hydroxylation is 1. The van der Waals surface area contributed by atoms with Gasteiger partial charge in [0, 0.05) is 30.2 Å². The second kappa shape index (κ2) is 8.68. The molecule has 10 heteroatoms. The highest BCUT2D eigenvalue weighted by Gasteiger charge is 2.36. The molecular weight excluding hydrogens is 415 g/mol. The van der Waals surface area contributed by atoms with Crippen LogP contribution < -0.4 is 10.6 Å². The van der Waals surface area contributed by atoms with Crippen molar-refractivity contribution in [1.82, 2.24) is 15.0 Å². The van der Waals surface area contributed by atoms with Crippen molar-refractivity contribution in [3.8, 4) is 0 Å². The summed E-state index contributed by atoms with van der Waals surface area (Å²) in [4.78, 5) is 14.5. The zero-order valence-corrected chi connectivity index (χ0v) is 18.0. The van der Waals surface area contributed by atoms with Crippen LogP contribution in [0.2, 0.25) is 0 Å². The Labute approximate surface area is 178 Å². The highest BCUT2D eigenvalue weighted by molar-refractivity contribution is 7.99. The molecule has 6 nitrogen and oxygen atoms in total. The first-order valence-electron chi connectivity index (χ1n) is 9.74. The Morgan fingerprint density at radius 1 is 1.30 bits per heavy atom. The van der Waals surface area contributed by atoms with Crippen molar-refractivity contribution in [1.29, 1.82) is 0 Å². The zero-order valence-electron chi connectivity index (χ0n) is 17.2. The van der Waals surface area contributed by atoms with E-state index in [1.807, 2.05) is 6.92 Å². The molecule has 0 saturated carbocycles. The molecule has 1 aliphatic heterocycles. The van der Waals surface area contributed by atoms with Crippen molar-refractivity contribution in [3.63, 3.8) is 0 Å². The predicted octanol–water partition coefficient (Wildman–Crippen LogP) is 3.80. The highest BCUT2D eigenvalue weighted by atomic mass is 32.2. The van der Waals surface area contributed by atoms with E-state index in [1.54, 1.807) is 6.92 Å². The van der Waals surface area contributed by atoms with Crippen LogP contribution in [0.25, 0.3) is 0 Å². The van der Waals surface area contributed by atoms with Crippen LogP contribution in [0.4, 0.5) is 19.0 Å². The van der Waals surface area contributed by atoms with Gasteiger partial charge in [0.05, 0.1) is 12.3 Å². The molecule has 1 atom stereocenters. The van der Waals surface area contributed by atoms with Gasteiger partial charge in [-0.1, -0.05) is 18.7 Å². The summed E-state index contributed by atoms with van der Waals surface area (Å²) < 4.78 is 39.8. The third kappa shape index (κ3) is 4.70. The summed E-state index contributed by atoms with van der Waals surface area (Å²) in [5, 5.41) is 10.2. The molecule has 3 rings (SSSR count). The van der Waals surface area contributed by atoms with Crippen molar-refractivity contribution in [3.05, 3.63) is 35.4 Å². The lowest BCUT2D eigenvalue weighted by atomic mass is 9.75. The largest absolute Gasteiger partial charge is 0.434 e. The number of alkyl halides is 3. The maximum Gasteiger partial charge on any atom is 0.434 e. The quantitative estimate of drug-likeness (QED) is 0.730. The average molecular weight is 442 g/mol. The second-order valence-electron chi connectivity index (χ2n) is 7.92. The van der Waals surface area contributed by atoms with E-state index in [0.29, 0.717) is 22.2 Å². The number of hydrogen-bond donors (Lipinski definition) is 2. The Hall–Kier alpha value is -1.91. The van der Waals surface area contributed by atoms with E-state index in [4.69, 9.17) is 5.73 Å². The average Bonchev–Trinajstić information content (AvgIpc) is 2.69. The molecule has 0 spiro atoms. The number of halogens is 3. The number of pyridine rings is 1. The van der Waals surface area contributed by atoms with E-state index in [2.05, 4.69) is 26.8 Å². The fourth-order valence-electron chi connectivity index (χ4n) is 3.46. The van der Waals surface area contributed by atoms with Crippen LogP contribution in [0.1, 0.15) is 43.8 Å². The van der Waals surface area contributed by atoms with Gasteiger partial charge in [0.1, 0.15) is 10.7 Å². The van der Waals surface area contributed by atoms with Gasteiger partial charge in [-0.25, -0.2) is 9.97 Å². The van der Waals surface area contributed by atoms with Gasteiger partial charge in [0.25, 0.3) is 0 Å². The molecule has 1 unspecified atom stereocenters. The SMILES string of the molecule is Cc1nc(N2CCC(C)(C(C)N)CC2)c(CO)nc1Sc1cccnc1C(F)(F)F. The molecular formula is C20H26F3N5OS. The van der Waals surface area contributed by atoms with Gasteiger partial charge < -0.3 is 15.7 Å². The van der Waals surface area contributed by atoms with E-state index in [-0.39, 0.29) is 23.0 Å². The summed E-state index contributed by atoms with van der Waals surface area (Å²) in [6.45, 7) is 7.00. The summed E-state index contributed by atoms with van der Waals surface area (Å²) in [7, 11) is 0. The predicted molar refractivity (Wildman–Crippen MR) is 109 cm³/mol. The molecule has 3 heterocycles. The molecule has 2 aromatic rings. The Balaban J connectivity index is 1.88. The first-order valence-corrected chi connectivity index (χ1v) is 10.6. The van der Waals surface area contributed by atoms with Crippen LogP contribution in [0, 0.1) is 12.3 Å². The topological polar surface area (TPSA) is 88.2 Å². The summed E-state index contributed by atoms with van der Waals surface area (Å²) in [5.41, 5.74) is 6.07. The van der Waals surface area contributed by atoms with Crippen LogP contribution in [-0.2, 0) is 12.8 Å². The van der Waals surface area contributed by atoms with Crippen LogP contribution in [0.5, 0.6) is 0 Å². The van der Waals surface area contributed by atoms with Crippen LogP contribution >= 0.6 is 11.8 Å². The molecule has 164 valence electrons. The maximum absolute atomic E-state index is 13.3. The van der Waals surface area contributed by atoms with Crippen LogP contribution in [-0.4, -0.2) is 39.2 Å². The van der Waals surface area contributed by atoms with Crippen molar-refractivity contribution < 1.29 is 18.3 Å². The number of rotatable bonds is 5. The molecule has 1 aliphatic rings. The molecule has 1 saturated heterocycles. The minimum absolute atomic E-state index is 0.0441. The zero-order chi connectivity index (χ0) is 22.1. The molecule has 0 aromatic carbocycles. The third-order valence-corrected chi connectivity index (χ3v) is 6.91. The lowest BCUT2D eigenvalue weighted by Crippen LogP contribution is -2.47. The Kier molecular flexibility index (Phi) is 6.59. The van der Waals surface area contributed by atoms with Crippen molar-refractivity contribution in [2.75, 3.05) is 18.0 Å². The van der Waals surface area contributed by atoms with Crippen LogP contribution in [0.3, 0.4) is 0 Å². The number of nitrogens with zero attached hydrogens (tertiary/aromatic N) is 4. The van der Waals surface area contributed by atoms with E-state index >= 15 is 0 Å². The normalized spacial score (nSPS) is 17.8. The van der Waals surface area contributed by atoms with E-state index < -0.39 is 11.9 Å². The number of hydrogen-bond acceptors (Lipinski definition) is 7. The van der Waals surface area contributed by atoms with Crippen molar-refractivity contribution >= 4 is 17.6 Å². The molecule has 0 amide bonds. The lowest BCUT2D eigenvalue weighted by molar-refractivity contribution is -0.143. The molecule has 3 N–H and O–H groups in total. The Morgan fingerprint density at radius 2 is 1.97 bits per heavy atom. The van der Waals surface area contributed by atoms with Crippen LogP contribution in [0.15, 0.2) is 28.3 Å². The second-order valence-corrected chi connectivity index (χ2v) is 8.95. The number of piperidine rings is 1. The van der Waals surface area contributed by atoms with Gasteiger partial charge in [-0.2, -0.15) is 13.2 Å². The first kappa shape index (κ1) is 22.8. The Morgan fingerprint density at radius 3 is 2.53 bits per heavy atom. The lowest BCUT2D eigenvalue weighted by Gasteiger charge is -2.42. The number of anilines is 1. The summed E-state index contributed by atoms with van der Waals surface area (Å²) in [6.07, 6.45) is -1.68. The maximum atomic E-state index is 13.3. The van der Waals surface area contributed by atoms with E-state index in [9.17, 15) is 18.3 Å². The smallest absolute Gasteiger partial charge is 0.390 e. The molecule has 0 aliphatic carbocycles. The van der Waals surface area contributed by atoms with E-state index in [1.165, 1.54) is 12.1 Å².